The zero-order chi connectivity index (χ0) is 22.9. The van der Waals surface area contributed by atoms with Gasteiger partial charge >= 0.3 is 6.01 Å². The van der Waals surface area contributed by atoms with Crippen molar-refractivity contribution in [3.05, 3.63) is 95.2 Å². The van der Waals surface area contributed by atoms with Crippen molar-refractivity contribution in [3.8, 4) is 34.0 Å². The second-order valence-electron chi connectivity index (χ2n) is 7.33. The van der Waals surface area contributed by atoms with Gasteiger partial charge in [0.25, 0.3) is 5.69 Å². The van der Waals surface area contributed by atoms with Crippen LogP contribution in [0, 0.1) is 17.0 Å². The fourth-order valence-corrected chi connectivity index (χ4v) is 3.90. The minimum atomic E-state index is -0.412. The van der Waals surface area contributed by atoms with Crippen molar-refractivity contribution < 1.29 is 9.66 Å². The summed E-state index contributed by atoms with van der Waals surface area (Å²) < 4.78 is 7.69. The molecule has 3 aromatic heterocycles. The summed E-state index contributed by atoms with van der Waals surface area (Å²) in [5.74, 6) is 0.981. The maximum atomic E-state index is 11.1. The number of hydrogen-bond donors (Lipinski definition) is 1. The highest BCUT2D eigenvalue weighted by molar-refractivity contribution is 6.00. The summed E-state index contributed by atoms with van der Waals surface area (Å²) in [6.45, 7) is 1.98. The number of anilines is 1. The predicted molar refractivity (Wildman–Crippen MR) is 124 cm³/mol. The molecule has 33 heavy (non-hydrogen) atoms. The van der Waals surface area contributed by atoms with Crippen LogP contribution in [0.15, 0.2) is 79.4 Å². The van der Waals surface area contributed by atoms with Gasteiger partial charge in [0.15, 0.2) is 0 Å². The molecule has 0 atom stereocenters. The van der Waals surface area contributed by atoms with Crippen LogP contribution in [0.25, 0.3) is 27.8 Å². The minimum Gasteiger partial charge on any atom is -0.424 e. The number of nitrogens with zero attached hydrogens (tertiary/aromatic N) is 5. The maximum Gasteiger partial charge on any atom is 0.321 e. The number of nitro benzene ring substituents is 1. The van der Waals surface area contributed by atoms with Crippen LogP contribution in [-0.2, 0) is 0 Å². The van der Waals surface area contributed by atoms with E-state index >= 15 is 0 Å². The Morgan fingerprint density at radius 3 is 2.21 bits per heavy atom. The predicted octanol–water partition coefficient (Wildman–Crippen LogP) is 5.05. The van der Waals surface area contributed by atoms with Crippen molar-refractivity contribution in [2.75, 3.05) is 5.73 Å². The quantitative estimate of drug-likeness (QED) is 0.301. The van der Waals surface area contributed by atoms with E-state index in [1.165, 1.54) is 12.1 Å². The van der Waals surface area contributed by atoms with Gasteiger partial charge in [0.1, 0.15) is 11.6 Å². The van der Waals surface area contributed by atoms with Crippen molar-refractivity contribution in [3.63, 3.8) is 0 Å². The van der Waals surface area contributed by atoms with Gasteiger partial charge in [0.05, 0.1) is 10.4 Å². The van der Waals surface area contributed by atoms with Crippen LogP contribution in [0.5, 0.6) is 11.8 Å². The van der Waals surface area contributed by atoms with Crippen molar-refractivity contribution in [1.29, 1.82) is 0 Å². The summed E-state index contributed by atoms with van der Waals surface area (Å²) in [7, 11) is 0. The Morgan fingerprint density at radius 1 is 0.909 bits per heavy atom. The number of nitrogens with two attached hydrogens (primary N) is 1. The number of non-ortho nitro benzene ring substituents is 1. The van der Waals surface area contributed by atoms with Crippen molar-refractivity contribution in [1.82, 2.24) is 19.4 Å². The molecule has 9 heteroatoms. The number of nitro groups is 1. The molecule has 9 nitrogen and oxygen atoms in total. The molecule has 0 fully saturated rings. The summed E-state index contributed by atoms with van der Waals surface area (Å²) in [6, 6.07) is 16.0. The average molecular weight is 438 g/mol. The molecule has 0 spiro atoms. The molecular formula is C24H18N6O3. The van der Waals surface area contributed by atoms with Gasteiger partial charge in [-0.2, -0.15) is 0 Å². The van der Waals surface area contributed by atoms with Gasteiger partial charge in [-0.15, -0.1) is 0 Å². The summed E-state index contributed by atoms with van der Waals surface area (Å²) >= 11 is 0. The van der Waals surface area contributed by atoms with Crippen molar-refractivity contribution in [2.45, 2.75) is 6.92 Å². The van der Waals surface area contributed by atoms with Gasteiger partial charge in [-0.05, 0) is 48.4 Å². The van der Waals surface area contributed by atoms with E-state index in [0.717, 1.165) is 33.5 Å². The molecule has 0 unspecified atom stereocenters. The standard InChI is InChI=1S/C24H18N6O3/c1-15-20(16-3-7-18(8-4-16)30(31)32)21(22-23(25)26-13-14-29(15)22)17-5-9-19(10-6-17)33-24-27-11-2-12-28-24/h2-14H,1H3,(H2,25,26). The van der Waals surface area contributed by atoms with Crippen LogP contribution in [0.4, 0.5) is 11.5 Å². The van der Waals surface area contributed by atoms with Crippen LogP contribution in [0.2, 0.25) is 0 Å². The molecule has 2 N–H and O–H groups in total. The van der Waals surface area contributed by atoms with E-state index in [0.29, 0.717) is 11.6 Å². The monoisotopic (exact) mass is 438 g/mol. The van der Waals surface area contributed by atoms with E-state index in [2.05, 4.69) is 15.0 Å². The lowest BCUT2D eigenvalue weighted by molar-refractivity contribution is -0.384. The Morgan fingerprint density at radius 2 is 1.55 bits per heavy atom. The lowest BCUT2D eigenvalue weighted by atomic mass is 9.95. The first kappa shape index (κ1) is 20.1. The summed E-state index contributed by atoms with van der Waals surface area (Å²) in [6.07, 6.45) is 6.72. The number of benzene rings is 2. The van der Waals surface area contributed by atoms with Crippen LogP contribution >= 0.6 is 0 Å². The SMILES string of the molecule is Cc1c(-c2ccc([N+](=O)[O-])cc2)c(-c2ccc(Oc3ncccn3)cc2)c2c(N)nccn12. The zero-order valence-electron chi connectivity index (χ0n) is 17.5. The fraction of sp³-hybridized carbons (Fsp3) is 0.0417. The Bertz CT molecular complexity index is 1460. The summed E-state index contributed by atoms with van der Waals surface area (Å²) in [5.41, 5.74) is 11.6. The van der Waals surface area contributed by atoms with Crippen LogP contribution < -0.4 is 10.5 Å². The highest BCUT2D eigenvalue weighted by Gasteiger charge is 2.21. The van der Waals surface area contributed by atoms with Crippen LogP contribution in [0.1, 0.15) is 5.69 Å². The topological polar surface area (TPSA) is 121 Å². The highest BCUT2D eigenvalue weighted by Crippen LogP contribution is 2.42. The highest BCUT2D eigenvalue weighted by atomic mass is 16.6. The van der Waals surface area contributed by atoms with Gasteiger partial charge in [0.2, 0.25) is 0 Å². The van der Waals surface area contributed by atoms with Crippen molar-refractivity contribution >= 4 is 17.0 Å². The van der Waals surface area contributed by atoms with Gasteiger partial charge in [-0.25, -0.2) is 15.0 Å². The third-order valence-corrected chi connectivity index (χ3v) is 5.38. The minimum absolute atomic E-state index is 0.0348. The number of ether oxygens (including phenoxy) is 1. The Labute approximate surface area is 188 Å². The average Bonchev–Trinajstić information content (AvgIpc) is 3.14. The number of nitrogen functional groups attached to an aromatic ring is 1. The molecule has 162 valence electrons. The number of fused-ring (bicyclic) bond motifs is 1. The lowest BCUT2D eigenvalue weighted by Crippen LogP contribution is -1.96. The summed E-state index contributed by atoms with van der Waals surface area (Å²) in [4.78, 5) is 23.1. The smallest absolute Gasteiger partial charge is 0.321 e. The molecule has 0 radical (unpaired) electrons. The number of aryl methyl sites for hydroxylation is 1. The van der Waals surface area contributed by atoms with Gasteiger partial charge in [-0.3, -0.25) is 10.1 Å². The molecule has 0 amide bonds. The first-order chi connectivity index (χ1) is 16.0. The maximum absolute atomic E-state index is 11.1. The molecular weight excluding hydrogens is 420 g/mol. The van der Waals surface area contributed by atoms with E-state index in [9.17, 15) is 10.1 Å². The van der Waals surface area contributed by atoms with E-state index in [-0.39, 0.29) is 11.7 Å². The molecule has 2 aromatic carbocycles. The second kappa shape index (κ2) is 8.04. The molecule has 5 aromatic rings. The molecule has 0 aliphatic heterocycles. The number of aromatic nitrogens is 4. The first-order valence-corrected chi connectivity index (χ1v) is 10.1. The molecule has 0 bridgehead atoms. The molecule has 0 aliphatic rings. The van der Waals surface area contributed by atoms with Gasteiger partial charge < -0.3 is 14.9 Å². The number of rotatable bonds is 5. The Balaban J connectivity index is 1.65. The largest absolute Gasteiger partial charge is 0.424 e. The first-order valence-electron chi connectivity index (χ1n) is 10.1. The molecule has 0 saturated carbocycles. The number of hydrogen-bond acceptors (Lipinski definition) is 7. The van der Waals surface area contributed by atoms with Crippen LogP contribution in [-0.4, -0.2) is 24.3 Å². The summed E-state index contributed by atoms with van der Waals surface area (Å²) in [5, 5.41) is 11.1. The molecule has 3 heterocycles. The van der Waals surface area contributed by atoms with E-state index in [4.69, 9.17) is 10.5 Å². The van der Waals surface area contributed by atoms with Crippen LogP contribution in [0.3, 0.4) is 0 Å². The second-order valence-corrected chi connectivity index (χ2v) is 7.33. The van der Waals surface area contributed by atoms with Gasteiger partial charge in [-0.1, -0.05) is 12.1 Å². The van der Waals surface area contributed by atoms with Crippen molar-refractivity contribution in [2.24, 2.45) is 0 Å². The molecule has 0 aliphatic carbocycles. The molecule has 0 saturated heterocycles. The lowest BCUT2D eigenvalue weighted by Gasteiger charge is -2.09. The van der Waals surface area contributed by atoms with E-state index < -0.39 is 4.92 Å². The zero-order valence-corrected chi connectivity index (χ0v) is 17.5. The third kappa shape index (κ3) is 3.61. The molecule has 5 rings (SSSR count). The Hall–Kier alpha value is -4.79. The van der Waals surface area contributed by atoms with E-state index in [1.807, 2.05) is 41.8 Å². The normalized spacial score (nSPS) is 10.9. The third-order valence-electron chi connectivity index (χ3n) is 5.38. The Kier molecular flexibility index (Phi) is 4.91. The van der Waals surface area contributed by atoms with Gasteiger partial charge in [0, 0.05) is 53.7 Å². The van der Waals surface area contributed by atoms with E-state index in [1.54, 1.807) is 36.8 Å². The fourth-order valence-electron chi connectivity index (χ4n) is 3.90.